The Kier molecular flexibility index (Phi) is 5.98. The first kappa shape index (κ1) is 18.8. The van der Waals surface area contributed by atoms with Crippen LogP contribution in [-0.4, -0.2) is 42.5 Å². The molecule has 0 atom stereocenters. The highest BCUT2D eigenvalue weighted by Gasteiger charge is 2.20. The van der Waals surface area contributed by atoms with Gasteiger partial charge in [-0.3, -0.25) is 4.79 Å². The third kappa shape index (κ3) is 4.80. The van der Waals surface area contributed by atoms with E-state index in [1.165, 1.54) is 18.2 Å². The summed E-state index contributed by atoms with van der Waals surface area (Å²) in [6.45, 7) is 5.89. The molecule has 3 N–H and O–H groups in total. The maximum atomic E-state index is 11.3. The molecule has 2 aromatic carbocycles. The maximum absolute atomic E-state index is 11.3. The molecule has 3 rings (SSSR count). The molecule has 0 bridgehead atoms. The molecule has 27 heavy (non-hydrogen) atoms. The average Bonchev–Trinajstić information content (AvgIpc) is 2.63. The summed E-state index contributed by atoms with van der Waals surface area (Å²) in [5, 5.41) is 22.2. The fraction of sp³-hybridized carbons (Fsp3) is 0.286. The number of amides is 1. The fourth-order valence-corrected chi connectivity index (χ4v) is 2.77. The van der Waals surface area contributed by atoms with Crippen LogP contribution in [0.15, 0.2) is 49.1 Å². The van der Waals surface area contributed by atoms with Gasteiger partial charge in [-0.2, -0.15) is 0 Å². The van der Waals surface area contributed by atoms with Crippen molar-refractivity contribution in [3.63, 3.8) is 0 Å². The monoisotopic (exact) mass is 369 g/mol. The van der Waals surface area contributed by atoms with E-state index in [0.717, 1.165) is 16.7 Å². The van der Waals surface area contributed by atoms with Crippen molar-refractivity contribution in [2.45, 2.75) is 6.42 Å². The van der Waals surface area contributed by atoms with Crippen LogP contribution < -0.4 is 10.1 Å². The Morgan fingerprint density at radius 2 is 2.04 bits per heavy atom. The number of hydrogen-bond donors (Lipinski definition) is 3. The molecule has 1 amide bonds. The first-order valence-electron chi connectivity index (χ1n) is 8.83. The highest BCUT2D eigenvalue weighted by atomic mass is 16.5. The van der Waals surface area contributed by atoms with Crippen LogP contribution in [0.3, 0.4) is 0 Å². The van der Waals surface area contributed by atoms with Crippen LogP contribution in [0.25, 0.3) is 11.1 Å². The van der Waals surface area contributed by atoms with Gasteiger partial charge in [-0.25, -0.2) is 0 Å². The van der Waals surface area contributed by atoms with E-state index >= 15 is 0 Å². The lowest BCUT2D eigenvalue weighted by atomic mass is 10.00. The number of carbonyl (C=O) groups excluding carboxylic acids is 1. The summed E-state index contributed by atoms with van der Waals surface area (Å²) in [4.78, 5) is 11.3. The van der Waals surface area contributed by atoms with Crippen molar-refractivity contribution in [1.29, 1.82) is 0 Å². The lowest BCUT2D eigenvalue weighted by Gasteiger charge is -2.26. The van der Waals surface area contributed by atoms with E-state index in [2.05, 4.69) is 11.9 Å². The molecule has 1 fully saturated rings. The van der Waals surface area contributed by atoms with Crippen LogP contribution in [0.4, 0.5) is 0 Å². The highest BCUT2D eigenvalue weighted by molar-refractivity contribution is 5.86. The lowest BCUT2D eigenvalue weighted by Crippen LogP contribution is -2.32. The SMILES string of the molecule is C=CC(=O)NCCc1ccc(OCC2COC2)c(-c2ccc(O)c(O)c2)c1. The fourth-order valence-electron chi connectivity index (χ4n) is 2.77. The van der Waals surface area contributed by atoms with E-state index in [1.807, 2.05) is 18.2 Å². The van der Waals surface area contributed by atoms with Gasteiger partial charge in [0.05, 0.1) is 19.8 Å². The van der Waals surface area contributed by atoms with Gasteiger partial charge in [0.15, 0.2) is 11.5 Å². The summed E-state index contributed by atoms with van der Waals surface area (Å²) >= 11 is 0. The second-order valence-corrected chi connectivity index (χ2v) is 6.49. The molecule has 1 aliphatic heterocycles. The normalized spacial score (nSPS) is 13.6. The van der Waals surface area contributed by atoms with Crippen molar-refractivity contribution in [3.8, 4) is 28.4 Å². The molecule has 1 heterocycles. The zero-order valence-electron chi connectivity index (χ0n) is 15.0. The van der Waals surface area contributed by atoms with Gasteiger partial charge in [-0.15, -0.1) is 0 Å². The predicted octanol–water partition coefficient (Wildman–Crippen LogP) is 2.63. The van der Waals surface area contributed by atoms with Crippen molar-refractivity contribution in [3.05, 3.63) is 54.6 Å². The standard InChI is InChI=1S/C21H23NO5/c1-2-21(25)22-8-7-14-3-6-20(27-13-15-11-26-12-15)17(9-14)16-4-5-18(23)19(24)10-16/h2-6,9-10,15,23-24H,1,7-8,11-13H2,(H,22,25). The molecule has 1 aliphatic rings. The number of hydrogen-bond acceptors (Lipinski definition) is 5. The molecule has 6 nitrogen and oxygen atoms in total. The molecule has 0 spiro atoms. The second kappa shape index (κ2) is 8.60. The zero-order valence-corrected chi connectivity index (χ0v) is 15.0. The molecule has 6 heteroatoms. The average molecular weight is 369 g/mol. The number of phenolic OH excluding ortho intramolecular Hbond substituents is 2. The highest BCUT2D eigenvalue weighted by Crippen LogP contribution is 2.36. The van der Waals surface area contributed by atoms with Crippen molar-refractivity contribution >= 4 is 5.91 Å². The van der Waals surface area contributed by atoms with Crippen molar-refractivity contribution in [1.82, 2.24) is 5.32 Å². The molecule has 2 aromatic rings. The van der Waals surface area contributed by atoms with Crippen molar-refractivity contribution in [2.24, 2.45) is 5.92 Å². The minimum absolute atomic E-state index is 0.170. The smallest absolute Gasteiger partial charge is 0.243 e. The maximum Gasteiger partial charge on any atom is 0.243 e. The minimum atomic E-state index is -0.207. The topological polar surface area (TPSA) is 88.0 Å². The Labute approximate surface area is 158 Å². The third-order valence-electron chi connectivity index (χ3n) is 4.41. The predicted molar refractivity (Wildman–Crippen MR) is 102 cm³/mol. The summed E-state index contributed by atoms with van der Waals surface area (Å²) in [7, 11) is 0. The van der Waals surface area contributed by atoms with Gasteiger partial charge in [-0.05, 0) is 47.9 Å². The molecule has 0 aliphatic carbocycles. The molecule has 142 valence electrons. The Morgan fingerprint density at radius 3 is 2.70 bits per heavy atom. The number of rotatable bonds is 8. The van der Waals surface area contributed by atoms with E-state index < -0.39 is 0 Å². The quantitative estimate of drug-likeness (QED) is 0.492. The van der Waals surface area contributed by atoms with Crippen LogP contribution >= 0.6 is 0 Å². The van der Waals surface area contributed by atoms with E-state index in [9.17, 15) is 15.0 Å². The Morgan fingerprint density at radius 1 is 1.22 bits per heavy atom. The molecule has 0 saturated carbocycles. The second-order valence-electron chi connectivity index (χ2n) is 6.49. The van der Waals surface area contributed by atoms with Gasteiger partial charge in [-0.1, -0.05) is 18.7 Å². The van der Waals surface area contributed by atoms with Crippen LogP contribution in [0.5, 0.6) is 17.2 Å². The number of benzene rings is 2. The Balaban J connectivity index is 1.81. The number of nitrogens with one attached hydrogen (secondary N) is 1. The molecular weight excluding hydrogens is 346 g/mol. The van der Waals surface area contributed by atoms with Gasteiger partial charge in [0.25, 0.3) is 0 Å². The summed E-state index contributed by atoms with van der Waals surface area (Å²) in [5.41, 5.74) is 2.57. The molecular formula is C21H23NO5. The Bertz CT molecular complexity index is 829. The summed E-state index contributed by atoms with van der Waals surface area (Å²) in [6.07, 6.45) is 1.89. The first-order chi connectivity index (χ1) is 13.1. The molecule has 0 radical (unpaired) electrons. The van der Waals surface area contributed by atoms with Crippen LogP contribution in [-0.2, 0) is 16.0 Å². The molecule has 0 aromatic heterocycles. The Hall–Kier alpha value is -2.99. The van der Waals surface area contributed by atoms with E-state index in [0.29, 0.717) is 44.5 Å². The third-order valence-corrected chi connectivity index (χ3v) is 4.41. The van der Waals surface area contributed by atoms with Gasteiger partial charge in [0.1, 0.15) is 5.75 Å². The van der Waals surface area contributed by atoms with E-state index in [4.69, 9.17) is 9.47 Å². The number of aromatic hydroxyl groups is 2. The zero-order chi connectivity index (χ0) is 19.2. The summed E-state index contributed by atoms with van der Waals surface area (Å²) < 4.78 is 11.2. The summed E-state index contributed by atoms with van der Waals surface area (Å²) in [5.74, 6) is 0.526. The number of ether oxygens (including phenoxy) is 2. The lowest BCUT2D eigenvalue weighted by molar-refractivity contribution is -0.116. The first-order valence-corrected chi connectivity index (χ1v) is 8.83. The van der Waals surface area contributed by atoms with Gasteiger partial charge in [0, 0.05) is 18.0 Å². The van der Waals surface area contributed by atoms with Crippen molar-refractivity contribution in [2.75, 3.05) is 26.4 Å². The minimum Gasteiger partial charge on any atom is -0.504 e. The van der Waals surface area contributed by atoms with E-state index in [-0.39, 0.29) is 17.4 Å². The van der Waals surface area contributed by atoms with Gasteiger partial charge < -0.3 is 25.0 Å². The van der Waals surface area contributed by atoms with Crippen molar-refractivity contribution < 1.29 is 24.5 Å². The van der Waals surface area contributed by atoms with Gasteiger partial charge >= 0.3 is 0 Å². The van der Waals surface area contributed by atoms with E-state index in [1.54, 1.807) is 6.07 Å². The van der Waals surface area contributed by atoms with Crippen LogP contribution in [0.2, 0.25) is 0 Å². The largest absolute Gasteiger partial charge is 0.504 e. The number of carbonyl (C=O) groups is 1. The van der Waals surface area contributed by atoms with Gasteiger partial charge in [0.2, 0.25) is 5.91 Å². The number of phenols is 2. The molecule has 0 unspecified atom stereocenters. The summed E-state index contributed by atoms with van der Waals surface area (Å²) in [6, 6.07) is 10.5. The van der Waals surface area contributed by atoms with Crippen LogP contribution in [0, 0.1) is 5.92 Å². The molecule has 1 saturated heterocycles. The van der Waals surface area contributed by atoms with Crippen LogP contribution in [0.1, 0.15) is 5.56 Å².